The molecule has 1 saturated heterocycles. The van der Waals surface area contributed by atoms with E-state index in [1.54, 1.807) is 0 Å². The molecule has 0 radical (unpaired) electrons. The molecule has 1 unspecified atom stereocenters. The summed E-state index contributed by atoms with van der Waals surface area (Å²) >= 11 is 6.16. The van der Waals surface area contributed by atoms with Gasteiger partial charge in [0, 0.05) is 24.2 Å². The van der Waals surface area contributed by atoms with Gasteiger partial charge >= 0.3 is 0 Å². The van der Waals surface area contributed by atoms with Crippen molar-refractivity contribution >= 4 is 17.3 Å². The first-order valence-electron chi connectivity index (χ1n) is 7.71. The molecule has 1 aromatic carbocycles. The minimum absolute atomic E-state index is 0.630. The van der Waals surface area contributed by atoms with Crippen LogP contribution in [0.2, 0.25) is 0 Å². The Hall–Kier alpha value is -0.690. The second-order valence-electron chi connectivity index (χ2n) is 6.21. The first kappa shape index (κ1) is 13.3. The van der Waals surface area contributed by atoms with E-state index in [-0.39, 0.29) is 0 Å². The molecule has 0 spiro atoms. The second kappa shape index (κ2) is 5.75. The van der Waals surface area contributed by atoms with Crippen LogP contribution >= 0.6 is 11.6 Å². The van der Waals surface area contributed by atoms with Gasteiger partial charge in [0.05, 0.1) is 0 Å². The molecule has 1 atom stereocenters. The molecular formula is C17H24ClN. The highest BCUT2D eigenvalue weighted by molar-refractivity contribution is 6.17. The number of nitrogens with zero attached hydrogens (tertiary/aromatic N) is 1. The molecule has 19 heavy (non-hydrogen) atoms. The van der Waals surface area contributed by atoms with Crippen LogP contribution in [0.4, 0.5) is 5.69 Å². The molecule has 1 aliphatic carbocycles. The van der Waals surface area contributed by atoms with Crippen LogP contribution in [0.1, 0.15) is 49.7 Å². The van der Waals surface area contributed by atoms with Crippen LogP contribution in [0, 0.1) is 12.8 Å². The van der Waals surface area contributed by atoms with Gasteiger partial charge in [-0.1, -0.05) is 30.5 Å². The lowest BCUT2D eigenvalue weighted by molar-refractivity contribution is 0.430. The quantitative estimate of drug-likeness (QED) is 0.711. The maximum Gasteiger partial charge on any atom is 0.0494 e. The molecule has 0 N–H and O–H groups in total. The van der Waals surface area contributed by atoms with Crippen molar-refractivity contribution in [3.8, 4) is 0 Å². The van der Waals surface area contributed by atoms with E-state index in [4.69, 9.17) is 11.6 Å². The molecule has 1 saturated carbocycles. The van der Waals surface area contributed by atoms with Gasteiger partial charge in [-0.05, 0) is 50.2 Å². The monoisotopic (exact) mass is 277 g/mol. The smallest absolute Gasteiger partial charge is 0.0494 e. The summed E-state index contributed by atoms with van der Waals surface area (Å²) in [4.78, 5) is 2.66. The fourth-order valence-corrected chi connectivity index (χ4v) is 4.24. The lowest BCUT2D eigenvalue weighted by atomic mass is 9.95. The summed E-state index contributed by atoms with van der Waals surface area (Å²) in [5, 5.41) is 0. The zero-order chi connectivity index (χ0) is 13.2. The summed E-state index contributed by atoms with van der Waals surface area (Å²) in [6, 6.07) is 7.55. The molecular weight excluding hydrogens is 254 g/mol. The highest BCUT2D eigenvalue weighted by Crippen LogP contribution is 2.39. The fourth-order valence-electron chi connectivity index (χ4n) is 4.03. The van der Waals surface area contributed by atoms with E-state index in [0.717, 1.165) is 12.0 Å². The number of aryl methyl sites for hydroxylation is 1. The summed E-state index contributed by atoms with van der Waals surface area (Å²) in [5.74, 6) is 1.55. The number of hydrogen-bond acceptors (Lipinski definition) is 1. The van der Waals surface area contributed by atoms with Crippen molar-refractivity contribution in [2.45, 2.75) is 57.4 Å². The maximum absolute atomic E-state index is 6.16. The van der Waals surface area contributed by atoms with Gasteiger partial charge in [-0.3, -0.25) is 0 Å². The molecule has 1 heterocycles. The minimum Gasteiger partial charge on any atom is -0.368 e. The summed E-state index contributed by atoms with van der Waals surface area (Å²) in [5.41, 5.74) is 4.03. The molecule has 3 rings (SSSR count). The Kier molecular flexibility index (Phi) is 4.02. The topological polar surface area (TPSA) is 3.24 Å². The van der Waals surface area contributed by atoms with Gasteiger partial charge in [0.25, 0.3) is 0 Å². The van der Waals surface area contributed by atoms with Crippen molar-refractivity contribution in [1.82, 2.24) is 0 Å². The van der Waals surface area contributed by atoms with Crippen LogP contribution < -0.4 is 4.90 Å². The van der Waals surface area contributed by atoms with Gasteiger partial charge in [0.1, 0.15) is 0 Å². The van der Waals surface area contributed by atoms with Crippen molar-refractivity contribution in [1.29, 1.82) is 0 Å². The molecule has 1 aliphatic heterocycles. The highest BCUT2D eigenvalue weighted by atomic mass is 35.5. The zero-order valence-electron chi connectivity index (χ0n) is 11.9. The van der Waals surface area contributed by atoms with Crippen LogP contribution in [-0.4, -0.2) is 12.6 Å². The van der Waals surface area contributed by atoms with E-state index in [1.165, 1.54) is 61.9 Å². The van der Waals surface area contributed by atoms with Crippen molar-refractivity contribution in [3.05, 3.63) is 29.3 Å². The van der Waals surface area contributed by atoms with E-state index < -0.39 is 0 Å². The first-order valence-corrected chi connectivity index (χ1v) is 8.25. The van der Waals surface area contributed by atoms with Crippen molar-refractivity contribution in [3.63, 3.8) is 0 Å². The second-order valence-corrected chi connectivity index (χ2v) is 6.48. The van der Waals surface area contributed by atoms with Crippen molar-refractivity contribution < 1.29 is 0 Å². The van der Waals surface area contributed by atoms with Crippen LogP contribution in [-0.2, 0) is 5.88 Å². The summed E-state index contributed by atoms with van der Waals surface area (Å²) in [6.07, 6.45) is 8.46. The Bertz CT molecular complexity index is 437. The number of anilines is 1. The Balaban J connectivity index is 1.87. The predicted octanol–water partition coefficient (Wildman–Crippen LogP) is 4.89. The largest absolute Gasteiger partial charge is 0.368 e. The lowest BCUT2D eigenvalue weighted by Gasteiger charge is -2.32. The van der Waals surface area contributed by atoms with Gasteiger partial charge in [0.15, 0.2) is 0 Å². The Morgan fingerprint density at radius 1 is 1.16 bits per heavy atom. The molecule has 1 nitrogen and oxygen atoms in total. The van der Waals surface area contributed by atoms with Crippen molar-refractivity contribution in [2.24, 2.45) is 5.92 Å². The van der Waals surface area contributed by atoms with Gasteiger partial charge < -0.3 is 4.90 Å². The number of alkyl halides is 1. The normalized spacial score (nSPS) is 24.3. The van der Waals surface area contributed by atoms with Crippen LogP contribution in [0.3, 0.4) is 0 Å². The number of rotatable bonds is 3. The summed E-state index contributed by atoms with van der Waals surface area (Å²) in [6.45, 7) is 3.37. The molecule has 2 fully saturated rings. The molecule has 0 aromatic heterocycles. The molecule has 2 heteroatoms. The van der Waals surface area contributed by atoms with E-state index in [2.05, 4.69) is 30.0 Å². The predicted molar refractivity (Wildman–Crippen MR) is 83.1 cm³/mol. The van der Waals surface area contributed by atoms with Crippen molar-refractivity contribution in [2.75, 3.05) is 11.4 Å². The van der Waals surface area contributed by atoms with Gasteiger partial charge in [-0.15, -0.1) is 11.6 Å². The third-order valence-corrected chi connectivity index (χ3v) is 5.22. The third kappa shape index (κ3) is 2.63. The average Bonchev–Trinajstić information content (AvgIpc) is 3.08. The standard InChI is InChI=1S/C17H24ClN/c1-13-8-9-17(15(11-13)12-18)19-10-4-7-16(19)14-5-2-3-6-14/h8-9,11,14,16H,2-7,10,12H2,1H3. The minimum atomic E-state index is 0.630. The number of benzene rings is 1. The summed E-state index contributed by atoms with van der Waals surface area (Å²) in [7, 11) is 0. The first-order chi connectivity index (χ1) is 9.29. The molecule has 1 aromatic rings. The zero-order valence-corrected chi connectivity index (χ0v) is 12.6. The van der Waals surface area contributed by atoms with Gasteiger partial charge in [-0.2, -0.15) is 0 Å². The fraction of sp³-hybridized carbons (Fsp3) is 0.647. The van der Waals surface area contributed by atoms with E-state index in [1.807, 2.05) is 0 Å². The maximum atomic E-state index is 6.16. The van der Waals surface area contributed by atoms with Gasteiger partial charge in [-0.25, -0.2) is 0 Å². The average molecular weight is 278 g/mol. The van der Waals surface area contributed by atoms with Gasteiger partial charge in [0.2, 0.25) is 0 Å². The molecule has 2 aliphatic rings. The SMILES string of the molecule is Cc1ccc(N2CCCC2C2CCCC2)c(CCl)c1. The van der Waals surface area contributed by atoms with Crippen LogP contribution in [0.5, 0.6) is 0 Å². The Morgan fingerprint density at radius 3 is 2.68 bits per heavy atom. The van der Waals surface area contributed by atoms with Crippen LogP contribution in [0.15, 0.2) is 18.2 Å². The van der Waals surface area contributed by atoms with E-state index in [0.29, 0.717) is 5.88 Å². The Morgan fingerprint density at radius 2 is 1.95 bits per heavy atom. The molecule has 0 bridgehead atoms. The lowest BCUT2D eigenvalue weighted by Crippen LogP contribution is -2.35. The molecule has 0 amide bonds. The number of halogens is 1. The third-order valence-electron chi connectivity index (χ3n) is 4.93. The van der Waals surface area contributed by atoms with E-state index >= 15 is 0 Å². The summed E-state index contributed by atoms with van der Waals surface area (Å²) < 4.78 is 0. The van der Waals surface area contributed by atoms with E-state index in [9.17, 15) is 0 Å². The molecule has 104 valence electrons. The highest BCUT2D eigenvalue weighted by Gasteiger charge is 2.34. The number of hydrogen-bond donors (Lipinski definition) is 0. The van der Waals surface area contributed by atoms with Crippen LogP contribution in [0.25, 0.3) is 0 Å². The Labute approximate surface area is 121 Å².